The zero-order chi connectivity index (χ0) is 23.9. The van der Waals surface area contributed by atoms with Crippen LogP contribution in [0.2, 0.25) is 0 Å². The standard InChI is InChI=1S/C25H24F3O4S/c1-24(30,25(26,27)28)16-17-31-23(29)18-32-19-12-14-22(15-13-19)33(20-8-4-2-5-9-20)21-10-6-3-7-11-21/h2-15,30H,16-18H2,1H3/q+1. The summed E-state index contributed by atoms with van der Waals surface area (Å²) in [6, 6.07) is 27.5. The van der Waals surface area contributed by atoms with Gasteiger partial charge in [0.25, 0.3) is 0 Å². The Kier molecular flexibility index (Phi) is 8.05. The van der Waals surface area contributed by atoms with E-state index in [-0.39, 0.29) is 10.9 Å². The van der Waals surface area contributed by atoms with Crippen LogP contribution < -0.4 is 4.74 Å². The fourth-order valence-corrected chi connectivity index (χ4v) is 4.97. The van der Waals surface area contributed by atoms with Gasteiger partial charge in [0.15, 0.2) is 26.9 Å². The van der Waals surface area contributed by atoms with Crippen molar-refractivity contribution in [2.24, 2.45) is 0 Å². The van der Waals surface area contributed by atoms with Crippen LogP contribution >= 0.6 is 0 Å². The highest BCUT2D eigenvalue weighted by molar-refractivity contribution is 7.97. The number of carbonyl (C=O) groups is 1. The van der Waals surface area contributed by atoms with Crippen LogP contribution in [0.5, 0.6) is 5.75 Å². The molecule has 3 rings (SSSR count). The summed E-state index contributed by atoms with van der Waals surface area (Å²) >= 11 is 0. The molecule has 0 radical (unpaired) electrons. The average molecular weight is 478 g/mol. The Morgan fingerprint density at radius 3 is 1.82 bits per heavy atom. The van der Waals surface area contributed by atoms with Gasteiger partial charge in [0, 0.05) is 6.42 Å². The third-order valence-corrected chi connectivity index (χ3v) is 7.07. The Balaban J connectivity index is 1.60. The Morgan fingerprint density at radius 1 is 0.848 bits per heavy atom. The summed E-state index contributed by atoms with van der Waals surface area (Å²) in [5.74, 6) is -0.381. The van der Waals surface area contributed by atoms with E-state index in [0.717, 1.165) is 14.7 Å². The molecule has 0 spiro atoms. The lowest BCUT2D eigenvalue weighted by Gasteiger charge is -2.25. The number of hydrogen-bond acceptors (Lipinski definition) is 4. The Hall–Kier alpha value is -2.97. The second-order valence-electron chi connectivity index (χ2n) is 7.43. The van der Waals surface area contributed by atoms with Crippen molar-refractivity contribution < 1.29 is 32.5 Å². The SMILES string of the molecule is CC(O)(CCOC(=O)COc1ccc([S+](c2ccccc2)c2ccccc2)cc1)C(F)(F)F. The van der Waals surface area contributed by atoms with Crippen LogP contribution in [-0.2, 0) is 20.4 Å². The first-order valence-corrected chi connectivity index (χ1v) is 11.4. The van der Waals surface area contributed by atoms with E-state index >= 15 is 0 Å². The largest absolute Gasteiger partial charge is 0.482 e. The van der Waals surface area contributed by atoms with Crippen LogP contribution in [0, 0.1) is 0 Å². The highest BCUT2D eigenvalue weighted by Gasteiger charge is 2.49. The summed E-state index contributed by atoms with van der Waals surface area (Å²) in [5, 5.41) is 9.36. The molecular formula is C25H24F3O4S+. The lowest BCUT2D eigenvalue weighted by atomic mass is 10.0. The molecule has 8 heteroatoms. The summed E-state index contributed by atoms with van der Waals surface area (Å²) < 4.78 is 48.0. The van der Waals surface area contributed by atoms with E-state index in [2.05, 4.69) is 24.3 Å². The summed E-state index contributed by atoms with van der Waals surface area (Å²) in [4.78, 5) is 15.2. The van der Waals surface area contributed by atoms with Crippen LogP contribution in [0.1, 0.15) is 13.3 Å². The molecule has 0 aliphatic heterocycles. The fraction of sp³-hybridized carbons (Fsp3) is 0.240. The normalized spacial score (nSPS) is 13.4. The van der Waals surface area contributed by atoms with E-state index in [9.17, 15) is 23.1 Å². The number of hydrogen-bond donors (Lipinski definition) is 1. The first-order chi connectivity index (χ1) is 15.7. The van der Waals surface area contributed by atoms with Gasteiger partial charge in [0.2, 0.25) is 0 Å². The monoisotopic (exact) mass is 477 g/mol. The topological polar surface area (TPSA) is 55.8 Å². The molecule has 0 aromatic heterocycles. The van der Waals surface area contributed by atoms with Gasteiger partial charge in [0.05, 0.1) is 17.5 Å². The van der Waals surface area contributed by atoms with Gasteiger partial charge < -0.3 is 14.6 Å². The third kappa shape index (κ3) is 6.76. The molecule has 4 nitrogen and oxygen atoms in total. The lowest BCUT2D eigenvalue weighted by Crippen LogP contribution is -2.43. The maximum atomic E-state index is 12.6. The third-order valence-electron chi connectivity index (χ3n) is 4.84. The van der Waals surface area contributed by atoms with Gasteiger partial charge in [-0.3, -0.25) is 0 Å². The van der Waals surface area contributed by atoms with E-state index in [1.54, 1.807) is 12.1 Å². The molecule has 3 aromatic carbocycles. The van der Waals surface area contributed by atoms with Gasteiger partial charge in [-0.2, -0.15) is 13.2 Å². The molecule has 0 heterocycles. The predicted octanol–water partition coefficient (Wildman–Crippen LogP) is 5.41. The van der Waals surface area contributed by atoms with E-state index in [0.29, 0.717) is 12.7 Å². The van der Waals surface area contributed by atoms with Crippen molar-refractivity contribution in [1.29, 1.82) is 0 Å². The van der Waals surface area contributed by atoms with E-state index < -0.39 is 37.4 Å². The van der Waals surface area contributed by atoms with Crippen molar-refractivity contribution in [3.8, 4) is 5.75 Å². The molecular weight excluding hydrogens is 453 g/mol. The van der Waals surface area contributed by atoms with E-state index in [1.807, 2.05) is 48.5 Å². The molecule has 174 valence electrons. The van der Waals surface area contributed by atoms with Crippen molar-refractivity contribution in [2.45, 2.75) is 39.8 Å². The van der Waals surface area contributed by atoms with E-state index in [4.69, 9.17) is 9.47 Å². The number of alkyl halides is 3. The van der Waals surface area contributed by atoms with Gasteiger partial charge in [0.1, 0.15) is 5.75 Å². The van der Waals surface area contributed by atoms with Gasteiger partial charge in [-0.05, 0) is 55.5 Å². The molecule has 0 amide bonds. The first kappa shape index (κ1) is 24.7. The van der Waals surface area contributed by atoms with Gasteiger partial charge in [-0.25, -0.2) is 4.79 Å². The molecule has 1 N–H and O–H groups in total. The van der Waals surface area contributed by atoms with Crippen LogP contribution in [-0.4, -0.2) is 36.1 Å². The molecule has 0 bridgehead atoms. The summed E-state index contributed by atoms with van der Waals surface area (Å²) in [7, 11) is -0.319. The smallest absolute Gasteiger partial charge is 0.417 e. The zero-order valence-corrected chi connectivity index (χ0v) is 18.7. The molecule has 0 saturated carbocycles. The molecule has 0 aliphatic rings. The maximum absolute atomic E-state index is 12.6. The molecule has 1 unspecified atom stereocenters. The minimum atomic E-state index is -4.80. The number of ether oxygens (including phenoxy) is 2. The average Bonchev–Trinajstić information content (AvgIpc) is 2.79. The number of esters is 1. The summed E-state index contributed by atoms with van der Waals surface area (Å²) in [6.45, 7) is -0.376. The second-order valence-corrected chi connectivity index (χ2v) is 9.46. The Morgan fingerprint density at radius 2 is 1.33 bits per heavy atom. The Bertz CT molecular complexity index is 984. The number of carbonyl (C=O) groups excluding carboxylic acids is 1. The first-order valence-electron chi connectivity index (χ1n) is 10.2. The quantitative estimate of drug-likeness (QED) is 0.331. The van der Waals surface area contributed by atoms with E-state index in [1.165, 1.54) is 0 Å². The lowest BCUT2D eigenvalue weighted by molar-refractivity contribution is -0.257. The number of aliphatic hydroxyl groups is 1. The highest BCUT2D eigenvalue weighted by atomic mass is 32.2. The van der Waals surface area contributed by atoms with Crippen molar-refractivity contribution >= 4 is 16.9 Å². The molecule has 3 aromatic rings. The van der Waals surface area contributed by atoms with Crippen molar-refractivity contribution in [1.82, 2.24) is 0 Å². The minimum absolute atomic E-state index is 0.319. The molecule has 0 fully saturated rings. The van der Waals surface area contributed by atoms with Gasteiger partial charge in [-0.15, -0.1) is 0 Å². The molecule has 1 atom stereocenters. The van der Waals surface area contributed by atoms with Gasteiger partial charge in [-0.1, -0.05) is 36.4 Å². The van der Waals surface area contributed by atoms with Crippen molar-refractivity contribution in [2.75, 3.05) is 13.2 Å². The molecule has 0 saturated heterocycles. The zero-order valence-electron chi connectivity index (χ0n) is 17.9. The fourth-order valence-electron chi connectivity index (χ4n) is 2.88. The van der Waals surface area contributed by atoms with Crippen molar-refractivity contribution in [3.63, 3.8) is 0 Å². The van der Waals surface area contributed by atoms with Crippen LogP contribution in [0.25, 0.3) is 0 Å². The van der Waals surface area contributed by atoms with Crippen LogP contribution in [0.4, 0.5) is 13.2 Å². The maximum Gasteiger partial charge on any atom is 0.417 e. The van der Waals surface area contributed by atoms with Gasteiger partial charge >= 0.3 is 12.1 Å². The summed E-state index contributed by atoms with van der Waals surface area (Å²) in [5.41, 5.74) is -2.92. The highest BCUT2D eigenvalue weighted by Crippen LogP contribution is 2.33. The summed E-state index contributed by atoms with van der Waals surface area (Å²) in [6.07, 6.45) is -5.55. The minimum Gasteiger partial charge on any atom is -0.482 e. The number of rotatable bonds is 9. The Labute approximate surface area is 193 Å². The predicted molar refractivity (Wildman–Crippen MR) is 119 cm³/mol. The van der Waals surface area contributed by atoms with Crippen molar-refractivity contribution in [3.05, 3.63) is 84.9 Å². The molecule has 0 aliphatic carbocycles. The molecule has 33 heavy (non-hydrogen) atoms. The second kappa shape index (κ2) is 10.8. The number of benzene rings is 3. The van der Waals surface area contributed by atoms with Crippen LogP contribution in [0.15, 0.2) is 99.6 Å². The van der Waals surface area contributed by atoms with Crippen LogP contribution in [0.3, 0.4) is 0 Å². The number of halogens is 3.